The first-order valence-electron chi connectivity index (χ1n) is 13.8. The molecule has 3 aromatic rings. The predicted molar refractivity (Wildman–Crippen MR) is 156 cm³/mol. The van der Waals surface area contributed by atoms with Crippen molar-refractivity contribution in [2.45, 2.75) is 57.9 Å². The second kappa shape index (κ2) is 11.0. The molecular formula is C33H40NO2P. The summed E-state index contributed by atoms with van der Waals surface area (Å²) >= 11 is 0. The van der Waals surface area contributed by atoms with Crippen molar-refractivity contribution in [3.8, 4) is 5.75 Å². The molecule has 1 N–H and O–H groups in total. The van der Waals surface area contributed by atoms with E-state index in [9.17, 15) is 0 Å². The third-order valence-electron chi connectivity index (χ3n) is 8.49. The Kier molecular flexibility index (Phi) is 7.75. The molecule has 0 saturated heterocycles. The maximum absolute atomic E-state index is 15.0. The molecule has 2 aliphatic rings. The van der Waals surface area contributed by atoms with E-state index >= 15 is 4.57 Å². The summed E-state index contributed by atoms with van der Waals surface area (Å²) in [6.07, 6.45) is 8.21. The van der Waals surface area contributed by atoms with Gasteiger partial charge in [-0.25, -0.2) is 0 Å². The van der Waals surface area contributed by atoms with Gasteiger partial charge in [0.15, 0.2) is 0 Å². The van der Waals surface area contributed by atoms with E-state index in [0.29, 0.717) is 5.92 Å². The van der Waals surface area contributed by atoms with E-state index in [2.05, 4.69) is 30.7 Å². The molecule has 194 valence electrons. The Labute approximate surface area is 222 Å². The van der Waals surface area contributed by atoms with Crippen molar-refractivity contribution >= 4 is 23.5 Å². The van der Waals surface area contributed by atoms with Crippen LogP contribution in [0.5, 0.6) is 5.75 Å². The van der Waals surface area contributed by atoms with Crippen molar-refractivity contribution < 1.29 is 9.30 Å². The number of nitrogens with one attached hydrogen (secondary N) is 1. The molecule has 37 heavy (non-hydrogen) atoms. The van der Waals surface area contributed by atoms with E-state index in [1.165, 1.54) is 25.7 Å². The zero-order valence-corrected chi connectivity index (χ0v) is 23.1. The molecule has 0 aliphatic heterocycles. The van der Waals surface area contributed by atoms with Gasteiger partial charge in [-0.15, -0.1) is 0 Å². The van der Waals surface area contributed by atoms with Crippen molar-refractivity contribution in [1.29, 1.82) is 0 Å². The van der Waals surface area contributed by atoms with Crippen LogP contribution in [0.4, 0.5) is 0 Å². The van der Waals surface area contributed by atoms with E-state index in [1.54, 1.807) is 7.11 Å². The number of rotatable bonds is 13. The average Bonchev–Trinajstić information content (AvgIpc) is 3.88. The van der Waals surface area contributed by atoms with Gasteiger partial charge in [0.05, 0.1) is 7.11 Å². The number of benzene rings is 3. The fourth-order valence-corrected chi connectivity index (χ4v) is 8.70. The molecule has 2 fully saturated rings. The number of unbranched alkanes of at least 4 members (excludes halogenated alkanes) is 1. The average molecular weight is 514 g/mol. The Balaban J connectivity index is 1.48. The number of allylic oxidation sites excluding steroid dienone is 1. The minimum absolute atomic E-state index is 0.0883. The predicted octanol–water partition coefficient (Wildman–Crippen LogP) is 7.59. The zero-order chi connectivity index (χ0) is 25.9. The molecule has 2 saturated carbocycles. The lowest BCUT2D eigenvalue weighted by Gasteiger charge is -2.34. The van der Waals surface area contributed by atoms with Gasteiger partial charge in [-0.05, 0) is 90.5 Å². The van der Waals surface area contributed by atoms with E-state index in [4.69, 9.17) is 4.74 Å². The number of ether oxygens (including phenoxy) is 1. The highest BCUT2D eigenvalue weighted by molar-refractivity contribution is 7.76. The molecule has 5 rings (SSSR count). The van der Waals surface area contributed by atoms with Gasteiger partial charge in [-0.1, -0.05) is 81.3 Å². The van der Waals surface area contributed by atoms with Gasteiger partial charge < -0.3 is 4.74 Å². The van der Waals surface area contributed by atoms with E-state index in [0.717, 1.165) is 52.7 Å². The Bertz CT molecular complexity index is 1210. The van der Waals surface area contributed by atoms with Gasteiger partial charge in [-0.3, -0.25) is 9.65 Å². The maximum atomic E-state index is 15.0. The van der Waals surface area contributed by atoms with E-state index < -0.39 is 7.29 Å². The van der Waals surface area contributed by atoms with Crippen molar-refractivity contribution in [3.63, 3.8) is 0 Å². The maximum Gasteiger partial charge on any atom is 0.204 e. The lowest BCUT2D eigenvalue weighted by atomic mass is 9.84. The molecule has 0 radical (unpaired) electrons. The highest BCUT2D eigenvalue weighted by Gasteiger charge is 2.58. The van der Waals surface area contributed by atoms with Gasteiger partial charge >= 0.3 is 0 Å². The second-order valence-electron chi connectivity index (χ2n) is 11.1. The highest BCUT2D eigenvalue weighted by Crippen LogP contribution is 2.63. The standard InChI is InChI=1S/C33H40NO2P/c1-4-5-13-27-23-31(27)32(33(20-21-33)24-25(2)26-14-12-15-28(22-26)36-3)34-37(35,29-16-8-6-9-17-29)30-18-10-7-11-19-30/h6-12,14-19,22,27,31-32H,2,4-5,13,20-21,23-24H2,1,3H3,(H,34,35)/t27-,31-,32-/m0/s1. The molecule has 0 aromatic heterocycles. The lowest BCUT2D eigenvalue weighted by molar-refractivity contribution is 0.327. The summed E-state index contributed by atoms with van der Waals surface area (Å²) in [6.45, 7) is 6.79. The van der Waals surface area contributed by atoms with Crippen LogP contribution in [0.3, 0.4) is 0 Å². The molecule has 0 amide bonds. The fraction of sp³-hybridized carbons (Fsp3) is 0.394. The number of methoxy groups -OCH3 is 1. The van der Waals surface area contributed by atoms with Crippen molar-refractivity contribution in [2.75, 3.05) is 7.11 Å². The molecule has 0 unspecified atom stereocenters. The molecule has 4 heteroatoms. The van der Waals surface area contributed by atoms with Crippen LogP contribution in [0.15, 0.2) is 91.5 Å². The summed E-state index contributed by atoms with van der Waals surface area (Å²) in [7, 11) is -1.32. The Morgan fingerprint density at radius 2 is 1.68 bits per heavy atom. The van der Waals surface area contributed by atoms with Gasteiger partial charge in [0, 0.05) is 16.7 Å². The first-order chi connectivity index (χ1) is 18.0. The summed E-state index contributed by atoms with van der Waals surface area (Å²) in [6, 6.07) is 28.5. The minimum atomic E-state index is -3.03. The Morgan fingerprint density at radius 3 is 2.24 bits per heavy atom. The van der Waals surface area contributed by atoms with Crippen LogP contribution in [0, 0.1) is 17.3 Å². The van der Waals surface area contributed by atoms with E-state index in [-0.39, 0.29) is 11.5 Å². The first kappa shape index (κ1) is 26.0. The highest BCUT2D eigenvalue weighted by atomic mass is 31.2. The van der Waals surface area contributed by atoms with Crippen molar-refractivity contribution in [1.82, 2.24) is 5.09 Å². The molecule has 2 aliphatic carbocycles. The van der Waals surface area contributed by atoms with Gasteiger partial charge in [0.2, 0.25) is 7.29 Å². The smallest absolute Gasteiger partial charge is 0.204 e. The van der Waals surface area contributed by atoms with Gasteiger partial charge in [-0.2, -0.15) is 0 Å². The Hall–Kier alpha value is -2.61. The summed E-state index contributed by atoms with van der Waals surface area (Å²) in [5.41, 5.74) is 2.37. The minimum Gasteiger partial charge on any atom is -0.497 e. The molecule has 3 atom stereocenters. The van der Waals surface area contributed by atoms with Crippen LogP contribution < -0.4 is 20.4 Å². The molecule has 3 aromatic carbocycles. The van der Waals surface area contributed by atoms with Gasteiger partial charge in [0.1, 0.15) is 5.75 Å². The van der Waals surface area contributed by atoms with Crippen LogP contribution in [-0.2, 0) is 4.57 Å². The number of hydrogen-bond donors (Lipinski definition) is 1. The molecular weight excluding hydrogens is 473 g/mol. The summed E-state index contributed by atoms with van der Waals surface area (Å²) in [5, 5.41) is 5.68. The molecule has 0 heterocycles. The molecule has 3 nitrogen and oxygen atoms in total. The quantitative estimate of drug-likeness (QED) is 0.239. The van der Waals surface area contributed by atoms with Crippen LogP contribution in [0.25, 0.3) is 5.57 Å². The monoisotopic (exact) mass is 513 g/mol. The van der Waals surface area contributed by atoms with Crippen LogP contribution in [0.1, 0.15) is 57.4 Å². The SMILES string of the molecule is C=C(CC1([C@@H](NP(=O)(c2ccccc2)c2ccccc2)[C@H]2C[C@@H]2CCCC)CC1)c1cccc(OC)c1. The van der Waals surface area contributed by atoms with Crippen LogP contribution >= 0.6 is 7.29 Å². The summed E-state index contributed by atoms with van der Waals surface area (Å²) in [4.78, 5) is 0. The molecule has 0 bridgehead atoms. The topological polar surface area (TPSA) is 38.3 Å². The third kappa shape index (κ3) is 5.64. The van der Waals surface area contributed by atoms with Crippen molar-refractivity contribution in [2.24, 2.45) is 17.3 Å². The third-order valence-corrected chi connectivity index (χ3v) is 11.2. The number of hydrogen-bond acceptors (Lipinski definition) is 2. The van der Waals surface area contributed by atoms with Crippen LogP contribution in [0.2, 0.25) is 0 Å². The largest absolute Gasteiger partial charge is 0.497 e. The second-order valence-corrected chi connectivity index (χ2v) is 13.6. The summed E-state index contributed by atoms with van der Waals surface area (Å²) in [5.74, 6) is 2.14. The Morgan fingerprint density at radius 1 is 1.03 bits per heavy atom. The van der Waals surface area contributed by atoms with Gasteiger partial charge in [0.25, 0.3) is 0 Å². The van der Waals surface area contributed by atoms with E-state index in [1.807, 2.05) is 72.8 Å². The molecule has 0 spiro atoms. The first-order valence-corrected chi connectivity index (χ1v) is 15.5. The zero-order valence-electron chi connectivity index (χ0n) is 22.2. The fourth-order valence-electron chi connectivity index (χ4n) is 6.06. The van der Waals surface area contributed by atoms with Crippen LogP contribution in [-0.4, -0.2) is 13.2 Å². The lowest BCUT2D eigenvalue weighted by Crippen LogP contribution is -2.43. The summed E-state index contributed by atoms with van der Waals surface area (Å²) < 4.78 is 20.5. The van der Waals surface area contributed by atoms with Crippen molar-refractivity contribution in [3.05, 3.63) is 97.1 Å². The normalized spacial score (nSPS) is 20.7.